The first-order valence-electron chi connectivity index (χ1n) is 6.24. The van der Waals surface area contributed by atoms with Gasteiger partial charge in [-0.15, -0.1) is 0 Å². The van der Waals surface area contributed by atoms with Crippen LogP contribution in [0.15, 0.2) is 12.1 Å². The first-order valence-corrected chi connectivity index (χ1v) is 7.32. The van der Waals surface area contributed by atoms with Crippen molar-refractivity contribution < 1.29 is 14.3 Å². The van der Waals surface area contributed by atoms with Crippen molar-refractivity contribution in [1.29, 1.82) is 0 Å². The number of Topliss-reactive ketones (excluding diaryl/α,β-unsaturated/α-hetero) is 1. The minimum Gasteiger partial charge on any atom is -0.492 e. The molecule has 1 aromatic rings. The van der Waals surface area contributed by atoms with E-state index in [0.29, 0.717) is 18.8 Å². The average molecular weight is 358 g/mol. The molecule has 0 radical (unpaired) electrons. The van der Waals surface area contributed by atoms with Gasteiger partial charge in [0, 0.05) is 16.6 Å². The zero-order valence-electron chi connectivity index (χ0n) is 10.3. The summed E-state index contributed by atoms with van der Waals surface area (Å²) < 4.78 is 12.4. The molecule has 18 heavy (non-hydrogen) atoms. The molecule has 0 bridgehead atoms. The van der Waals surface area contributed by atoms with E-state index in [4.69, 9.17) is 9.47 Å². The molecule has 2 heterocycles. The lowest BCUT2D eigenvalue weighted by atomic mass is 9.90. The number of benzene rings is 1. The van der Waals surface area contributed by atoms with Gasteiger partial charge in [-0.2, -0.15) is 0 Å². The summed E-state index contributed by atoms with van der Waals surface area (Å²) in [6, 6.07) is 4.01. The molecule has 0 N–H and O–H groups in total. The number of halogens is 1. The molecule has 1 unspecified atom stereocenters. The second kappa shape index (κ2) is 4.49. The van der Waals surface area contributed by atoms with Crippen molar-refractivity contribution in [3.63, 3.8) is 0 Å². The highest BCUT2D eigenvalue weighted by molar-refractivity contribution is 14.1. The Hall–Kier alpha value is -0.620. The predicted octanol–water partition coefficient (Wildman–Crippen LogP) is 2.98. The maximum atomic E-state index is 12.7. The van der Waals surface area contributed by atoms with Crippen molar-refractivity contribution in [2.24, 2.45) is 0 Å². The van der Waals surface area contributed by atoms with Crippen LogP contribution in [0.25, 0.3) is 0 Å². The highest BCUT2D eigenvalue weighted by Gasteiger charge is 2.40. The van der Waals surface area contributed by atoms with Crippen LogP contribution in [-0.4, -0.2) is 24.6 Å². The summed E-state index contributed by atoms with van der Waals surface area (Å²) >= 11 is 2.25. The van der Waals surface area contributed by atoms with Gasteiger partial charge in [0.25, 0.3) is 0 Å². The lowest BCUT2D eigenvalue weighted by Crippen LogP contribution is -2.34. The van der Waals surface area contributed by atoms with E-state index in [9.17, 15) is 4.79 Å². The van der Waals surface area contributed by atoms with Crippen LogP contribution in [0.1, 0.15) is 35.7 Å². The quantitative estimate of drug-likeness (QED) is 0.602. The van der Waals surface area contributed by atoms with Gasteiger partial charge in [-0.3, -0.25) is 4.79 Å². The number of ether oxygens (including phenoxy) is 2. The summed E-state index contributed by atoms with van der Waals surface area (Å²) in [4.78, 5) is 12.7. The first-order chi connectivity index (χ1) is 8.60. The fourth-order valence-electron chi connectivity index (χ4n) is 2.68. The Morgan fingerprint density at radius 2 is 2.22 bits per heavy atom. The van der Waals surface area contributed by atoms with Gasteiger partial charge in [0.15, 0.2) is 5.78 Å². The van der Waals surface area contributed by atoms with Gasteiger partial charge in [0.1, 0.15) is 11.4 Å². The van der Waals surface area contributed by atoms with E-state index in [1.165, 1.54) is 0 Å². The van der Waals surface area contributed by atoms with Crippen molar-refractivity contribution in [2.45, 2.75) is 31.8 Å². The third-order valence-corrected chi connectivity index (χ3v) is 4.31. The van der Waals surface area contributed by atoms with Crippen molar-refractivity contribution in [3.05, 3.63) is 26.8 Å². The van der Waals surface area contributed by atoms with Gasteiger partial charge in [0.05, 0.1) is 12.2 Å². The molecule has 96 valence electrons. The predicted molar refractivity (Wildman–Crippen MR) is 76.3 cm³/mol. The van der Waals surface area contributed by atoms with Crippen LogP contribution in [-0.2, 0) is 11.2 Å². The Kier molecular flexibility index (Phi) is 3.10. The van der Waals surface area contributed by atoms with Gasteiger partial charge in [0.2, 0.25) is 0 Å². The van der Waals surface area contributed by atoms with Crippen LogP contribution in [0.4, 0.5) is 0 Å². The molecule has 4 heteroatoms. The zero-order valence-corrected chi connectivity index (χ0v) is 12.5. The Labute approximate surface area is 120 Å². The number of carbonyl (C=O) groups excluding carboxylic acids is 1. The fraction of sp³-hybridized carbons (Fsp3) is 0.500. The Morgan fingerprint density at radius 1 is 1.39 bits per heavy atom. The molecule has 2 aliphatic heterocycles. The SMILES string of the molecule is CC1(C(=O)c2cc(I)cc3c2OCC3)CCCO1. The summed E-state index contributed by atoms with van der Waals surface area (Å²) in [7, 11) is 0. The standard InChI is InChI=1S/C14H15IO3/c1-14(4-2-5-18-14)13(16)11-8-10(15)7-9-3-6-17-12(9)11/h7-8H,2-6H2,1H3. The number of fused-ring (bicyclic) bond motifs is 1. The molecule has 1 saturated heterocycles. The van der Waals surface area contributed by atoms with E-state index in [2.05, 4.69) is 28.7 Å². The molecule has 0 spiro atoms. The fourth-order valence-corrected chi connectivity index (χ4v) is 3.37. The van der Waals surface area contributed by atoms with E-state index >= 15 is 0 Å². The Bertz CT molecular complexity index is 504. The van der Waals surface area contributed by atoms with Crippen LogP contribution >= 0.6 is 22.6 Å². The summed E-state index contributed by atoms with van der Waals surface area (Å²) in [5, 5.41) is 0. The van der Waals surface area contributed by atoms with Gasteiger partial charge in [-0.05, 0) is 60.1 Å². The Morgan fingerprint density at radius 3 is 2.94 bits per heavy atom. The molecule has 1 fully saturated rings. The smallest absolute Gasteiger partial charge is 0.198 e. The molecule has 0 aliphatic carbocycles. The average Bonchev–Trinajstić information content (AvgIpc) is 2.96. The van der Waals surface area contributed by atoms with Gasteiger partial charge in [-0.1, -0.05) is 0 Å². The van der Waals surface area contributed by atoms with Crippen molar-refractivity contribution in [2.75, 3.05) is 13.2 Å². The maximum Gasteiger partial charge on any atom is 0.198 e. The Balaban J connectivity index is 2.04. The summed E-state index contributed by atoms with van der Waals surface area (Å²) in [6.45, 7) is 3.24. The molecule has 1 atom stereocenters. The molecule has 0 aromatic heterocycles. The molecule has 1 aromatic carbocycles. The third-order valence-electron chi connectivity index (χ3n) is 3.69. The first kappa shape index (κ1) is 12.4. The van der Waals surface area contributed by atoms with E-state index in [0.717, 1.165) is 34.1 Å². The molecule has 0 saturated carbocycles. The minimum atomic E-state index is -0.663. The normalized spacial score (nSPS) is 25.9. The van der Waals surface area contributed by atoms with Gasteiger partial charge >= 0.3 is 0 Å². The number of carbonyl (C=O) groups is 1. The van der Waals surface area contributed by atoms with Crippen LogP contribution < -0.4 is 4.74 Å². The summed E-state index contributed by atoms with van der Waals surface area (Å²) in [5.74, 6) is 0.841. The van der Waals surface area contributed by atoms with Crippen LogP contribution in [0.2, 0.25) is 0 Å². The number of rotatable bonds is 2. The summed E-state index contributed by atoms with van der Waals surface area (Å²) in [6.07, 6.45) is 2.64. The van der Waals surface area contributed by atoms with Crippen LogP contribution in [0.5, 0.6) is 5.75 Å². The molecule has 3 nitrogen and oxygen atoms in total. The highest BCUT2D eigenvalue weighted by atomic mass is 127. The molecule has 3 rings (SSSR count). The lowest BCUT2D eigenvalue weighted by Gasteiger charge is -2.22. The van der Waals surface area contributed by atoms with Crippen LogP contribution in [0, 0.1) is 3.57 Å². The third kappa shape index (κ3) is 1.95. The lowest BCUT2D eigenvalue weighted by molar-refractivity contribution is 0.0211. The van der Waals surface area contributed by atoms with E-state index in [-0.39, 0.29) is 5.78 Å². The van der Waals surface area contributed by atoms with E-state index in [1.807, 2.05) is 13.0 Å². The molecule has 0 amide bonds. The summed E-state index contributed by atoms with van der Waals surface area (Å²) in [5.41, 5.74) is 1.18. The van der Waals surface area contributed by atoms with Gasteiger partial charge in [-0.25, -0.2) is 0 Å². The maximum absolute atomic E-state index is 12.7. The van der Waals surface area contributed by atoms with Crippen LogP contribution in [0.3, 0.4) is 0 Å². The second-order valence-electron chi connectivity index (χ2n) is 5.05. The molecular formula is C14H15IO3. The largest absolute Gasteiger partial charge is 0.492 e. The number of ketones is 1. The highest BCUT2D eigenvalue weighted by Crippen LogP contribution is 2.37. The number of hydrogen-bond acceptors (Lipinski definition) is 3. The van der Waals surface area contributed by atoms with E-state index in [1.54, 1.807) is 0 Å². The topological polar surface area (TPSA) is 35.5 Å². The van der Waals surface area contributed by atoms with E-state index < -0.39 is 5.60 Å². The van der Waals surface area contributed by atoms with Crippen molar-refractivity contribution >= 4 is 28.4 Å². The van der Waals surface area contributed by atoms with Crippen molar-refractivity contribution in [1.82, 2.24) is 0 Å². The molecule has 2 aliphatic rings. The van der Waals surface area contributed by atoms with Crippen molar-refractivity contribution in [3.8, 4) is 5.75 Å². The second-order valence-corrected chi connectivity index (χ2v) is 6.30. The zero-order chi connectivity index (χ0) is 12.8. The number of hydrogen-bond donors (Lipinski definition) is 0. The molecular weight excluding hydrogens is 343 g/mol. The minimum absolute atomic E-state index is 0.0664. The monoisotopic (exact) mass is 358 g/mol. The van der Waals surface area contributed by atoms with Gasteiger partial charge < -0.3 is 9.47 Å².